The van der Waals surface area contributed by atoms with Crippen LogP contribution in [0, 0.1) is 0 Å². The maximum atomic E-state index is 12.6. The highest BCUT2D eigenvalue weighted by molar-refractivity contribution is 7.98. The van der Waals surface area contributed by atoms with Gasteiger partial charge in [-0.1, -0.05) is 25.1 Å². The molecule has 0 aliphatic carbocycles. The summed E-state index contributed by atoms with van der Waals surface area (Å²) in [5, 5.41) is 2.79. The summed E-state index contributed by atoms with van der Waals surface area (Å²) in [7, 11) is -2.30. The average Bonchev–Trinajstić information content (AvgIpc) is 2.62. The lowest BCUT2D eigenvalue weighted by Gasteiger charge is -2.17. The first kappa shape index (κ1) is 19.5. The molecule has 0 aromatic heterocycles. The van der Waals surface area contributed by atoms with E-state index in [1.807, 2.05) is 37.4 Å². The second-order valence-electron chi connectivity index (χ2n) is 5.50. The topological polar surface area (TPSA) is 66.5 Å². The van der Waals surface area contributed by atoms with E-state index >= 15 is 0 Å². The number of carbonyl (C=O) groups excluding carboxylic acids is 1. The number of nitrogens with one attached hydrogen (secondary N) is 1. The first-order valence-corrected chi connectivity index (χ1v) is 10.5. The molecule has 5 nitrogen and oxygen atoms in total. The molecule has 0 aliphatic rings. The van der Waals surface area contributed by atoms with Crippen molar-refractivity contribution in [3.63, 3.8) is 0 Å². The van der Waals surface area contributed by atoms with E-state index in [1.54, 1.807) is 24.3 Å². The Hall–Kier alpha value is -1.83. The number of aryl methyl sites for hydroxylation is 1. The average molecular weight is 379 g/mol. The minimum atomic E-state index is -3.70. The summed E-state index contributed by atoms with van der Waals surface area (Å²) < 4.78 is 26.2. The number of carbonyl (C=O) groups is 1. The molecule has 1 amide bonds. The molecular weight excluding hydrogens is 356 g/mol. The third-order valence-corrected chi connectivity index (χ3v) is 6.37. The van der Waals surface area contributed by atoms with Gasteiger partial charge >= 0.3 is 0 Å². The van der Waals surface area contributed by atoms with E-state index in [9.17, 15) is 13.2 Å². The molecule has 0 radical (unpaired) electrons. The number of nitrogens with zero attached hydrogens (tertiary/aromatic N) is 1. The Balaban J connectivity index is 2.09. The summed E-state index contributed by atoms with van der Waals surface area (Å²) in [6.45, 7) is 1.75. The van der Waals surface area contributed by atoms with Crippen molar-refractivity contribution in [3.8, 4) is 0 Å². The molecule has 2 aromatic carbocycles. The Morgan fingerprint density at radius 3 is 2.36 bits per heavy atom. The van der Waals surface area contributed by atoms with Crippen LogP contribution in [0.1, 0.15) is 12.5 Å². The maximum Gasteiger partial charge on any atom is 0.243 e. The van der Waals surface area contributed by atoms with Crippen molar-refractivity contribution in [2.75, 3.05) is 25.2 Å². The molecule has 0 bridgehead atoms. The van der Waals surface area contributed by atoms with E-state index < -0.39 is 10.0 Å². The zero-order valence-corrected chi connectivity index (χ0v) is 16.2. The van der Waals surface area contributed by atoms with Crippen LogP contribution in [0.2, 0.25) is 0 Å². The molecule has 0 saturated heterocycles. The fourth-order valence-corrected chi connectivity index (χ4v) is 3.89. The number of amides is 1. The first-order valence-electron chi connectivity index (χ1n) is 7.86. The lowest BCUT2D eigenvalue weighted by molar-refractivity contribution is -0.116. The highest BCUT2D eigenvalue weighted by atomic mass is 32.2. The maximum absolute atomic E-state index is 12.6. The van der Waals surface area contributed by atoms with Gasteiger partial charge in [0.15, 0.2) is 0 Å². The quantitative estimate of drug-likeness (QED) is 0.751. The zero-order chi connectivity index (χ0) is 18.4. The Morgan fingerprint density at radius 1 is 1.12 bits per heavy atom. The van der Waals surface area contributed by atoms with Crippen molar-refractivity contribution in [1.82, 2.24) is 4.31 Å². The highest BCUT2D eigenvalue weighted by Gasteiger charge is 2.23. The largest absolute Gasteiger partial charge is 0.325 e. The van der Waals surface area contributed by atoms with Crippen molar-refractivity contribution in [2.45, 2.75) is 23.1 Å². The summed E-state index contributed by atoms with van der Waals surface area (Å²) in [5.74, 6) is -0.368. The lowest BCUT2D eigenvalue weighted by atomic mass is 10.1. The van der Waals surface area contributed by atoms with E-state index in [0.717, 1.165) is 21.2 Å². The second-order valence-corrected chi connectivity index (χ2v) is 8.42. The smallest absolute Gasteiger partial charge is 0.243 e. The lowest BCUT2D eigenvalue weighted by Crippen LogP contribution is -2.35. The van der Waals surface area contributed by atoms with Gasteiger partial charge in [0.05, 0.1) is 11.4 Å². The third kappa shape index (κ3) is 4.84. The number of benzene rings is 2. The van der Waals surface area contributed by atoms with Crippen LogP contribution in [-0.4, -0.2) is 38.5 Å². The number of likely N-dealkylation sites (N-methyl/N-ethyl adjacent to an activating group) is 1. The van der Waals surface area contributed by atoms with Crippen LogP contribution in [0.4, 0.5) is 5.69 Å². The summed E-state index contributed by atoms with van der Waals surface area (Å²) in [6, 6.07) is 14.1. The number of hydrogen-bond donors (Lipinski definition) is 1. The van der Waals surface area contributed by atoms with Crippen molar-refractivity contribution < 1.29 is 13.2 Å². The van der Waals surface area contributed by atoms with Crippen molar-refractivity contribution >= 4 is 33.4 Å². The number of sulfonamides is 1. The van der Waals surface area contributed by atoms with Crippen molar-refractivity contribution in [1.29, 1.82) is 0 Å². The van der Waals surface area contributed by atoms with Crippen LogP contribution in [0.15, 0.2) is 58.3 Å². The van der Waals surface area contributed by atoms with E-state index in [4.69, 9.17) is 0 Å². The summed E-state index contributed by atoms with van der Waals surface area (Å²) in [5.41, 5.74) is 1.72. The minimum absolute atomic E-state index is 0.176. The Morgan fingerprint density at radius 2 is 1.76 bits per heavy atom. The van der Waals surface area contributed by atoms with E-state index in [1.165, 1.54) is 18.8 Å². The molecule has 0 heterocycles. The fourth-order valence-electron chi connectivity index (χ4n) is 2.36. The molecule has 2 rings (SSSR count). The van der Waals surface area contributed by atoms with Crippen molar-refractivity contribution in [3.05, 3.63) is 54.1 Å². The Labute approximate surface area is 153 Å². The first-order chi connectivity index (χ1) is 11.9. The van der Waals surface area contributed by atoms with Crippen LogP contribution in [0.25, 0.3) is 0 Å². The predicted octanol–water partition coefficient (Wildman–Crippen LogP) is 3.23. The van der Waals surface area contributed by atoms with Crippen LogP contribution >= 0.6 is 11.8 Å². The van der Waals surface area contributed by atoms with Crippen molar-refractivity contribution in [2.24, 2.45) is 0 Å². The molecule has 0 saturated carbocycles. The zero-order valence-electron chi connectivity index (χ0n) is 14.5. The van der Waals surface area contributed by atoms with E-state index in [0.29, 0.717) is 5.69 Å². The highest BCUT2D eigenvalue weighted by Crippen LogP contribution is 2.20. The van der Waals surface area contributed by atoms with Gasteiger partial charge in [-0.2, -0.15) is 4.31 Å². The van der Waals surface area contributed by atoms with Gasteiger partial charge in [0.25, 0.3) is 0 Å². The molecule has 134 valence electrons. The number of para-hydroxylation sites is 1. The number of thioether (sulfide) groups is 1. The molecule has 1 N–H and O–H groups in total. The molecule has 2 aromatic rings. The minimum Gasteiger partial charge on any atom is -0.325 e. The molecule has 0 atom stereocenters. The Bertz CT molecular complexity index is 834. The molecule has 7 heteroatoms. The van der Waals surface area contributed by atoms with Crippen LogP contribution in [0.5, 0.6) is 0 Å². The van der Waals surface area contributed by atoms with Crippen LogP contribution in [0.3, 0.4) is 0 Å². The third-order valence-electron chi connectivity index (χ3n) is 3.81. The molecule has 0 unspecified atom stereocenters. The van der Waals surface area contributed by atoms with E-state index in [-0.39, 0.29) is 17.3 Å². The fraction of sp³-hybridized carbons (Fsp3) is 0.278. The van der Waals surface area contributed by atoms with Crippen LogP contribution < -0.4 is 5.32 Å². The van der Waals surface area contributed by atoms with Gasteiger partial charge in [-0.15, -0.1) is 11.8 Å². The predicted molar refractivity (Wildman–Crippen MR) is 102 cm³/mol. The molecule has 0 fully saturated rings. The van der Waals surface area contributed by atoms with Gasteiger partial charge in [0.2, 0.25) is 15.9 Å². The molecule has 25 heavy (non-hydrogen) atoms. The number of hydrogen-bond acceptors (Lipinski definition) is 4. The summed E-state index contributed by atoms with van der Waals surface area (Å²) >= 11 is 1.54. The van der Waals surface area contributed by atoms with Gasteiger partial charge in [-0.25, -0.2) is 8.42 Å². The standard InChI is InChI=1S/C18H22N2O3S2/c1-4-14-7-5-6-8-17(14)19-18(21)13-20(2)25(22,23)16-11-9-15(24-3)10-12-16/h5-12H,4,13H2,1-3H3,(H,19,21). The number of anilines is 1. The van der Waals surface area contributed by atoms with Gasteiger partial charge < -0.3 is 5.32 Å². The Kier molecular flexibility index (Phi) is 6.64. The van der Waals surface area contributed by atoms with Gasteiger partial charge in [0, 0.05) is 17.6 Å². The SMILES string of the molecule is CCc1ccccc1NC(=O)CN(C)S(=O)(=O)c1ccc(SC)cc1. The van der Waals surface area contributed by atoms with Gasteiger partial charge in [-0.3, -0.25) is 4.79 Å². The second kappa shape index (κ2) is 8.51. The monoisotopic (exact) mass is 378 g/mol. The van der Waals surface area contributed by atoms with Gasteiger partial charge in [0.1, 0.15) is 0 Å². The van der Waals surface area contributed by atoms with E-state index in [2.05, 4.69) is 5.32 Å². The molecule has 0 spiro atoms. The van der Waals surface area contributed by atoms with Crippen LogP contribution in [-0.2, 0) is 21.2 Å². The normalized spacial score (nSPS) is 11.5. The molecular formula is C18H22N2O3S2. The summed E-state index contributed by atoms with van der Waals surface area (Å²) in [4.78, 5) is 13.4. The number of rotatable bonds is 7. The molecule has 0 aliphatic heterocycles. The van der Waals surface area contributed by atoms with Gasteiger partial charge in [-0.05, 0) is 48.6 Å². The summed E-state index contributed by atoms with van der Waals surface area (Å²) in [6.07, 6.45) is 2.71.